The minimum absolute atomic E-state index is 0.108. The number of methoxy groups -OCH3 is 1. The van der Waals surface area contributed by atoms with E-state index >= 15 is 0 Å². The van der Waals surface area contributed by atoms with Crippen LogP contribution in [-0.2, 0) is 24.3 Å². The van der Waals surface area contributed by atoms with Gasteiger partial charge in [0.2, 0.25) is 5.91 Å². The van der Waals surface area contributed by atoms with Crippen LogP contribution in [0.2, 0.25) is 0 Å². The molecule has 1 aliphatic rings. The first-order valence-electron chi connectivity index (χ1n) is 11.9. The summed E-state index contributed by atoms with van der Waals surface area (Å²) in [5.41, 5.74) is 3.75. The van der Waals surface area contributed by atoms with Crippen molar-refractivity contribution in [3.05, 3.63) is 102 Å². The van der Waals surface area contributed by atoms with Crippen molar-refractivity contribution < 1.29 is 9.53 Å². The summed E-state index contributed by atoms with van der Waals surface area (Å²) < 4.78 is 5.26. The lowest BCUT2D eigenvalue weighted by atomic mass is 9.94. The van der Waals surface area contributed by atoms with Crippen molar-refractivity contribution in [2.24, 2.45) is 5.92 Å². The summed E-state index contributed by atoms with van der Waals surface area (Å²) in [4.78, 5) is 18.1. The van der Waals surface area contributed by atoms with Crippen molar-refractivity contribution >= 4 is 5.91 Å². The number of benzene rings is 3. The lowest BCUT2D eigenvalue weighted by Crippen LogP contribution is -2.42. The number of nitrogens with zero attached hydrogens (tertiary/aromatic N) is 2. The quantitative estimate of drug-likeness (QED) is 0.458. The molecule has 1 fully saturated rings. The number of likely N-dealkylation sites (tertiary alicyclic amines) is 1. The molecule has 172 valence electrons. The van der Waals surface area contributed by atoms with Crippen molar-refractivity contribution in [1.29, 1.82) is 0 Å². The number of rotatable bonds is 9. The van der Waals surface area contributed by atoms with Gasteiger partial charge in [-0.25, -0.2) is 0 Å². The van der Waals surface area contributed by atoms with Gasteiger partial charge in [0.1, 0.15) is 5.75 Å². The molecule has 0 atom stereocenters. The van der Waals surface area contributed by atoms with Crippen LogP contribution in [0.15, 0.2) is 84.9 Å². The molecule has 1 aliphatic heterocycles. The highest BCUT2D eigenvalue weighted by molar-refractivity contribution is 5.79. The van der Waals surface area contributed by atoms with E-state index in [4.69, 9.17) is 4.74 Å². The zero-order valence-electron chi connectivity index (χ0n) is 19.5. The number of carbonyl (C=O) groups is 1. The van der Waals surface area contributed by atoms with Gasteiger partial charge in [0, 0.05) is 25.6 Å². The van der Waals surface area contributed by atoms with Crippen LogP contribution in [0, 0.1) is 5.92 Å². The van der Waals surface area contributed by atoms with E-state index in [1.165, 1.54) is 16.7 Å². The highest BCUT2D eigenvalue weighted by Gasteiger charge is 2.28. The monoisotopic (exact) mass is 442 g/mol. The summed E-state index contributed by atoms with van der Waals surface area (Å²) in [5, 5.41) is 0. The van der Waals surface area contributed by atoms with Crippen molar-refractivity contribution in [3.8, 4) is 5.75 Å². The maximum atomic E-state index is 13.6. The number of ether oxygens (including phenoxy) is 1. The minimum Gasteiger partial charge on any atom is -0.497 e. The molecule has 3 aromatic carbocycles. The van der Waals surface area contributed by atoms with E-state index in [2.05, 4.69) is 58.3 Å². The topological polar surface area (TPSA) is 32.8 Å². The van der Waals surface area contributed by atoms with Crippen molar-refractivity contribution in [2.75, 3.05) is 26.7 Å². The van der Waals surface area contributed by atoms with Crippen LogP contribution in [0.4, 0.5) is 0 Å². The van der Waals surface area contributed by atoms with Crippen LogP contribution in [0.5, 0.6) is 5.75 Å². The van der Waals surface area contributed by atoms with Crippen molar-refractivity contribution in [2.45, 2.75) is 32.4 Å². The molecule has 0 unspecified atom stereocenters. The molecule has 4 heteroatoms. The second-order valence-corrected chi connectivity index (χ2v) is 8.88. The van der Waals surface area contributed by atoms with Crippen molar-refractivity contribution in [3.63, 3.8) is 0 Å². The zero-order valence-corrected chi connectivity index (χ0v) is 19.5. The fourth-order valence-electron chi connectivity index (χ4n) is 4.57. The van der Waals surface area contributed by atoms with Gasteiger partial charge in [0.05, 0.1) is 7.11 Å². The normalized spacial score (nSPS) is 14.7. The van der Waals surface area contributed by atoms with Crippen molar-refractivity contribution in [1.82, 2.24) is 9.80 Å². The fourth-order valence-corrected chi connectivity index (χ4v) is 4.57. The Hall–Kier alpha value is -3.11. The molecular weight excluding hydrogens is 408 g/mol. The highest BCUT2D eigenvalue weighted by atomic mass is 16.5. The number of carbonyl (C=O) groups excluding carboxylic acids is 1. The molecule has 0 spiro atoms. The third-order valence-corrected chi connectivity index (χ3v) is 6.54. The standard InChI is InChI=1S/C29H34N2O2/c1-33-28-14-12-26(13-15-28)22-30-19-17-27(18-20-30)29(32)31(23-25-10-6-3-7-11-25)21-16-24-8-4-2-5-9-24/h2-15,27H,16-23H2,1H3. The Bertz CT molecular complexity index is 981. The zero-order chi connectivity index (χ0) is 22.9. The molecule has 3 aromatic rings. The first kappa shape index (κ1) is 23.1. The molecular formula is C29H34N2O2. The maximum Gasteiger partial charge on any atom is 0.226 e. The Morgan fingerprint density at radius 1 is 0.848 bits per heavy atom. The molecule has 0 bridgehead atoms. The summed E-state index contributed by atoms with van der Waals surface area (Å²) in [5.74, 6) is 1.30. The number of hydrogen-bond acceptors (Lipinski definition) is 3. The first-order chi connectivity index (χ1) is 16.2. The van der Waals surface area contributed by atoms with Crippen LogP contribution in [0.3, 0.4) is 0 Å². The van der Waals surface area contributed by atoms with Gasteiger partial charge in [0.25, 0.3) is 0 Å². The van der Waals surface area contributed by atoms with Gasteiger partial charge < -0.3 is 9.64 Å². The number of amides is 1. The Morgan fingerprint density at radius 3 is 2.06 bits per heavy atom. The van der Waals surface area contributed by atoms with Gasteiger partial charge in [0.15, 0.2) is 0 Å². The molecule has 0 aliphatic carbocycles. The largest absolute Gasteiger partial charge is 0.497 e. The van der Waals surface area contributed by atoms with Gasteiger partial charge >= 0.3 is 0 Å². The summed E-state index contributed by atoms with van der Waals surface area (Å²) in [7, 11) is 1.69. The van der Waals surface area contributed by atoms with Gasteiger partial charge in [-0.1, -0.05) is 72.8 Å². The van der Waals surface area contributed by atoms with Gasteiger partial charge in [-0.3, -0.25) is 9.69 Å². The van der Waals surface area contributed by atoms with E-state index in [1.807, 2.05) is 36.4 Å². The molecule has 4 nitrogen and oxygen atoms in total. The summed E-state index contributed by atoms with van der Waals surface area (Å²) >= 11 is 0. The second-order valence-electron chi connectivity index (χ2n) is 8.88. The smallest absolute Gasteiger partial charge is 0.226 e. The predicted molar refractivity (Wildman–Crippen MR) is 133 cm³/mol. The lowest BCUT2D eigenvalue weighted by Gasteiger charge is -2.34. The molecule has 0 N–H and O–H groups in total. The number of hydrogen-bond donors (Lipinski definition) is 0. The molecule has 0 aromatic heterocycles. The van der Waals surface area contributed by atoms with Crippen LogP contribution in [0.1, 0.15) is 29.5 Å². The highest BCUT2D eigenvalue weighted by Crippen LogP contribution is 2.23. The van der Waals surface area contributed by atoms with Crippen LogP contribution in [-0.4, -0.2) is 42.5 Å². The van der Waals surface area contributed by atoms with Crippen LogP contribution in [0.25, 0.3) is 0 Å². The second kappa shape index (κ2) is 11.7. The Kier molecular flexibility index (Phi) is 8.15. The van der Waals surface area contributed by atoms with Crippen LogP contribution >= 0.6 is 0 Å². The van der Waals surface area contributed by atoms with Crippen LogP contribution < -0.4 is 4.74 Å². The van der Waals surface area contributed by atoms with Gasteiger partial charge in [-0.05, 0) is 61.2 Å². The van der Waals surface area contributed by atoms with E-state index in [-0.39, 0.29) is 5.92 Å². The Morgan fingerprint density at radius 2 is 1.45 bits per heavy atom. The third kappa shape index (κ3) is 6.69. The van der Waals surface area contributed by atoms with E-state index in [0.717, 1.165) is 51.2 Å². The number of piperidine rings is 1. The van der Waals surface area contributed by atoms with E-state index in [1.54, 1.807) is 7.11 Å². The molecule has 1 saturated heterocycles. The SMILES string of the molecule is COc1ccc(CN2CCC(C(=O)N(CCc3ccccc3)Cc3ccccc3)CC2)cc1. The Labute approximate surface area is 197 Å². The molecule has 1 amide bonds. The molecule has 0 radical (unpaired) electrons. The van der Waals surface area contributed by atoms with E-state index in [0.29, 0.717) is 12.5 Å². The molecule has 0 saturated carbocycles. The third-order valence-electron chi connectivity index (χ3n) is 6.54. The fraction of sp³-hybridized carbons (Fsp3) is 0.345. The Balaban J connectivity index is 1.35. The molecule has 1 heterocycles. The summed E-state index contributed by atoms with van der Waals surface area (Å²) in [6, 6.07) is 29.1. The van der Waals surface area contributed by atoms with Gasteiger partial charge in [-0.2, -0.15) is 0 Å². The maximum absolute atomic E-state index is 13.6. The first-order valence-corrected chi connectivity index (χ1v) is 11.9. The minimum atomic E-state index is 0.108. The van der Waals surface area contributed by atoms with E-state index < -0.39 is 0 Å². The average Bonchev–Trinajstić information content (AvgIpc) is 2.88. The summed E-state index contributed by atoms with van der Waals surface area (Å²) in [6.07, 6.45) is 2.73. The summed E-state index contributed by atoms with van der Waals surface area (Å²) in [6.45, 7) is 4.27. The lowest BCUT2D eigenvalue weighted by molar-refractivity contribution is -0.137. The van der Waals surface area contributed by atoms with Gasteiger partial charge in [-0.15, -0.1) is 0 Å². The molecule has 4 rings (SSSR count). The predicted octanol–water partition coefficient (Wildman–Crippen LogP) is 5.18. The average molecular weight is 443 g/mol. The molecule has 33 heavy (non-hydrogen) atoms. The van der Waals surface area contributed by atoms with E-state index in [9.17, 15) is 4.79 Å².